The average Bonchev–Trinajstić information content (AvgIpc) is 3.09. The number of carbonyl (C=O) groups excluding carboxylic acids is 1. The van der Waals surface area contributed by atoms with Crippen molar-refractivity contribution < 1.29 is 14.1 Å². The zero-order valence-electron chi connectivity index (χ0n) is 16.6. The first kappa shape index (κ1) is 19.6. The zero-order valence-corrected chi connectivity index (χ0v) is 16.6. The number of ether oxygens (including phenoxy) is 1. The van der Waals surface area contributed by atoms with Crippen molar-refractivity contribution >= 4 is 5.91 Å². The Labute approximate surface area is 164 Å². The molecule has 3 aromatic rings. The standard InChI is InChI=1S/C22H25N3O3/c1-14(2)21-20(16(4)25-28-21)22(26)24-15(3)17-8-7-10-19(12-17)27-13-18-9-5-6-11-23-18/h5-12,14-15H,13H2,1-4H3,(H,24,26). The molecule has 0 fully saturated rings. The second kappa shape index (κ2) is 8.69. The van der Waals surface area contributed by atoms with Gasteiger partial charge in [0, 0.05) is 12.1 Å². The molecule has 0 saturated carbocycles. The highest BCUT2D eigenvalue weighted by atomic mass is 16.5. The number of rotatable bonds is 7. The van der Waals surface area contributed by atoms with Crippen molar-refractivity contribution in [3.8, 4) is 5.75 Å². The molecule has 3 rings (SSSR count). The smallest absolute Gasteiger partial charge is 0.257 e. The first-order chi connectivity index (χ1) is 13.5. The van der Waals surface area contributed by atoms with E-state index in [1.807, 2.05) is 63.2 Å². The Balaban J connectivity index is 1.68. The van der Waals surface area contributed by atoms with Gasteiger partial charge in [-0.2, -0.15) is 0 Å². The second-order valence-electron chi connectivity index (χ2n) is 7.04. The van der Waals surface area contributed by atoms with Crippen molar-refractivity contribution in [2.75, 3.05) is 0 Å². The minimum Gasteiger partial charge on any atom is -0.487 e. The zero-order chi connectivity index (χ0) is 20.1. The molecular weight excluding hydrogens is 354 g/mol. The van der Waals surface area contributed by atoms with Crippen molar-refractivity contribution in [3.63, 3.8) is 0 Å². The molecule has 1 amide bonds. The molecule has 1 unspecified atom stereocenters. The Kier molecular flexibility index (Phi) is 6.09. The molecule has 1 aromatic carbocycles. The molecule has 0 aliphatic rings. The Hall–Kier alpha value is -3.15. The number of aryl methyl sites for hydroxylation is 1. The molecule has 6 nitrogen and oxygen atoms in total. The van der Waals surface area contributed by atoms with Gasteiger partial charge in [0.15, 0.2) is 5.76 Å². The summed E-state index contributed by atoms with van der Waals surface area (Å²) in [4.78, 5) is 17.0. The predicted molar refractivity (Wildman–Crippen MR) is 106 cm³/mol. The molecule has 2 aromatic heterocycles. The predicted octanol–water partition coefficient (Wildman–Crippen LogP) is 4.57. The molecule has 0 bridgehead atoms. The maximum Gasteiger partial charge on any atom is 0.257 e. The number of nitrogens with one attached hydrogen (secondary N) is 1. The number of carbonyl (C=O) groups is 1. The van der Waals surface area contributed by atoms with Crippen LogP contribution in [0.1, 0.15) is 65.8 Å². The molecule has 0 radical (unpaired) electrons. The quantitative estimate of drug-likeness (QED) is 0.650. The number of nitrogens with zero attached hydrogens (tertiary/aromatic N) is 2. The molecule has 146 valence electrons. The first-order valence-electron chi connectivity index (χ1n) is 9.35. The van der Waals surface area contributed by atoms with Crippen LogP contribution < -0.4 is 10.1 Å². The van der Waals surface area contributed by atoms with Gasteiger partial charge in [0.05, 0.1) is 17.4 Å². The number of pyridine rings is 1. The van der Waals surface area contributed by atoms with Crippen LogP contribution in [0.3, 0.4) is 0 Å². The molecule has 0 aliphatic carbocycles. The maximum absolute atomic E-state index is 12.8. The van der Waals surface area contributed by atoms with Crippen molar-refractivity contribution in [1.82, 2.24) is 15.5 Å². The van der Waals surface area contributed by atoms with E-state index < -0.39 is 0 Å². The molecule has 0 spiro atoms. The Morgan fingerprint density at radius 3 is 2.71 bits per heavy atom. The minimum absolute atomic E-state index is 0.0839. The molecule has 2 heterocycles. The summed E-state index contributed by atoms with van der Waals surface area (Å²) in [5, 5.41) is 6.97. The summed E-state index contributed by atoms with van der Waals surface area (Å²) in [6.07, 6.45) is 1.74. The molecular formula is C22H25N3O3. The highest BCUT2D eigenvalue weighted by Gasteiger charge is 2.23. The van der Waals surface area contributed by atoms with Gasteiger partial charge in [0.1, 0.15) is 17.9 Å². The SMILES string of the molecule is Cc1noc(C(C)C)c1C(=O)NC(C)c1cccc(OCc2ccccn2)c1. The topological polar surface area (TPSA) is 77.2 Å². The van der Waals surface area contributed by atoms with Crippen molar-refractivity contribution in [2.45, 2.75) is 46.3 Å². The average molecular weight is 379 g/mol. The lowest BCUT2D eigenvalue weighted by Gasteiger charge is -2.16. The monoisotopic (exact) mass is 379 g/mol. The third kappa shape index (κ3) is 4.57. The normalized spacial score (nSPS) is 12.0. The van der Waals surface area contributed by atoms with Gasteiger partial charge >= 0.3 is 0 Å². The number of amides is 1. The van der Waals surface area contributed by atoms with Crippen molar-refractivity contribution in [2.24, 2.45) is 0 Å². The lowest BCUT2D eigenvalue weighted by Crippen LogP contribution is -2.27. The van der Waals surface area contributed by atoms with E-state index in [1.54, 1.807) is 13.1 Å². The van der Waals surface area contributed by atoms with E-state index in [0.717, 1.165) is 17.0 Å². The van der Waals surface area contributed by atoms with Gasteiger partial charge in [-0.05, 0) is 43.7 Å². The molecule has 1 atom stereocenters. The van der Waals surface area contributed by atoms with E-state index >= 15 is 0 Å². The third-order valence-corrected chi connectivity index (χ3v) is 4.46. The van der Waals surface area contributed by atoms with Gasteiger partial charge in [0.2, 0.25) is 0 Å². The number of benzene rings is 1. The Morgan fingerprint density at radius 1 is 1.18 bits per heavy atom. The molecule has 6 heteroatoms. The van der Waals surface area contributed by atoms with Crippen LogP contribution in [-0.4, -0.2) is 16.0 Å². The number of hydrogen-bond donors (Lipinski definition) is 1. The van der Waals surface area contributed by atoms with Crippen LogP contribution in [0.2, 0.25) is 0 Å². The lowest BCUT2D eigenvalue weighted by atomic mass is 10.0. The van der Waals surface area contributed by atoms with Crippen LogP contribution in [0, 0.1) is 6.92 Å². The highest BCUT2D eigenvalue weighted by Crippen LogP contribution is 2.24. The fraction of sp³-hybridized carbons (Fsp3) is 0.318. The summed E-state index contributed by atoms with van der Waals surface area (Å²) in [6.45, 7) is 8.06. The molecule has 1 N–H and O–H groups in total. The van der Waals surface area contributed by atoms with Crippen molar-refractivity contribution in [3.05, 3.63) is 76.9 Å². The summed E-state index contributed by atoms with van der Waals surface area (Å²) in [7, 11) is 0. The van der Waals surface area contributed by atoms with Gasteiger partial charge < -0.3 is 14.6 Å². The van der Waals surface area contributed by atoms with Gasteiger partial charge in [-0.25, -0.2) is 0 Å². The van der Waals surface area contributed by atoms with Crippen LogP contribution in [0.4, 0.5) is 0 Å². The summed E-state index contributed by atoms with van der Waals surface area (Å²) in [5.41, 5.74) is 2.93. The number of aromatic nitrogens is 2. The summed E-state index contributed by atoms with van der Waals surface area (Å²) >= 11 is 0. The first-order valence-corrected chi connectivity index (χ1v) is 9.35. The van der Waals surface area contributed by atoms with Crippen LogP contribution in [0.15, 0.2) is 53.2 Å². The van der Waals surface area contributed by atoms with Gasteiger partial charge in [-0.1, -0.05) is 37.2 Å². The van der Waals surface area contributed by atoms with Gasteiger partial charge in [-0.3, -0.25) is 9.78 Å². The van der Waals surface area contributed by atoms with Crippen LogP contribution >= 0.6 is 0 Å². The third-order valence-electron chi connectivity index (χ3n) is 4.46. The summed E-state index contributed by atoms with van der Waals surface area (Å²) in [5.74, 6) is 1.23. The Bertz CT molecular complexity index is 935. The molecule has 0 saturated heterocycles. The van der Waals surface area contributed by atoms with E-state index in [9.17, 15) is 4.79 Å². The highest BCUT2D eigenvalue weighted by molar-refractivity contribution is 5.96. The Morgan fingerprint density at radius 2 is 2.00 bits per heavy atom. The van der Waals surface area contributed by atoms with E-state index in [4.69, 9.17) is 9.26 Å². The van der Waals surface area contributed by atoms with Crippen LogP contribution in [0.25, 0.3) is 0 Å². The summed E-state index contributed by atoms with van der Waals surface area (Å²) in [6, 6.07) is 13.2. The fourth-order valence-electron chi connectivity index (χ4n) is 2.92. The van der Waals surface area contributed by atoms with Gasteiger partial charge in [0.25, 0.3) is 5.91 Å². The maximum atomic E-state index is 12.8. The van der Waals surface area contributed by atoms with Crippen LogP contribution in [-0.2, 0) is 6.61 Å². The second-order valence-corrected chi connectivity index (χ2v) is 7.04. The van der Waals surface area contributed by atoms with Crippen molar-refractivity contribution in [1.29, 1.82) is 0 Å². The molecule has 0 aliphatic heterocycles. The lowest BCUT2D eigenvalue weighted by molar-refractivity contribution is 0.0936. The number of hydrogen-bond acceptors (Lipinski definition) is 5. The van der Waals surface area contributed by atoms with E-state index in [0.29, 0.717) is 23.6 Å². The van der Waals surface area contributed by atoms with Gasteiger partial charge in [-0.15, -0.1) is 0 Å². The summed E-state index contributed by atoms with van der Waals surface area (Å²) < 4.78 is 11.2. The van der Waals surface area contributed by atoms with Crippen LogP contribution in [0.5, 0.6) is 5.75 Å². The minimum atomic E-state index is -0.194. The van der Waals surface area contributed by atoms with E-state index in [2.05, 4.69) is 15.5 Å². The van der Waals surface area contributed by atoms with E-state index in [-0.39, 0.29) is 17.9 Å². The molecule has 28 heavy (non-hydrogen) atoms. The van der Waals surface area contributed by atoms with E-state index in [1.165, 1.54) is 0 Å². The fourth-order valence-corrected chi connectivity index (χ4v) is 2.92. The largest absolute Gasteiger partial charge is 0.487 e.